The van der Waals surface area contributed by atoms with Gasteiger partial charge in [-0.25, -0.2) is 4.39 Å². The molecule has 0 spiro atoms. The molecule has 4 atom stereocenters. The van der Waals surface area contributed by atoms with Crippen LogP contribution in [0.25, 0.3) is 0 Å². The van der Waals surface area contributed by atoms with Crippen molar-refractivity contribution in [3.8, 4) is 0 Å². The van der Waals surface area contributed by atoms with E-state index in [1.54, 1.807) is 0 Å². The Kier molecular flexibility index (Phi) is 2.26. The Morgan fingerprint density at radius 1 is 1.57 bits per heavy atom. The lowest BCUT2D eigenvalue weighted by Gasteiger charge is -2.47. The fourth-order valence-corrected chi connectivity index (χ4v) is 2.58. The second-order valence-electron chi connectivity index (χ2n) is 4.80. The van der Waals surface area contributed by atoms with Crippen LogP contribution in [0.1, 0.15) is 26.7 Å². The maximum atomic E-state index is 13.5. The van der Waals surface area contributed by atoms with Crippen molar-refractivity contribution in [2.75, 3.05) is 6.67 Å². The Hall–Kier alpha value is -0.640. The van der Waals surface area contributed by atoms with E-state index in [0.717, 1.165) is 0 Å². The third-order valence-corrected chi connectivity index (χ3v) is 3.68. The van der Waals surface area contributed by atoms with E-state index < -0.39 is 6.17 Å². The third-order valence-electron chi connectivity index (χ3n) is 3.68. The lowest BCUT2D eigenvalue weighted by atomic mass is 9.68. The lowest BCUT2D eigenvalue weighted by molar-refractivity contribution is -0.134. The van der Waals surface area contributed by atoms with Crippen molar-refractivity contribution in [1.29, 1.82) is 0 Å². The number of hydrogen-bond donors (Lipinski definition) is 2. The molecule has 2 aliphatic rings. The number of alkyl halides is 1. The van der Waals surface area contributed by atoms with Crippen LogP contribution >= 0.6 is 0 Å². The molecule has 2 N–H and O–H groups in total. The van der Waals surface area contributed by atoms with E-state index >= 15 is 0 Å². The molecule has 1 amide bonds. The molecule has 1 heterocycles. The van der Waals surface area contributed by atoms with Crippen molar-refractivity contribution in [1.82, 2.24) is 10.6 Å². The van der Waals surface area contributed by atoms with Gasteiger partial charge in [0, 0.05) is 5.54 Å². The molecule has 2 rings (SSSR count). The summed E-state index contributed by atoms with van der Waals surface area (Å²) >= 11 is 0. The van der Waals surface area contributed by atoms with Gasteiger partial charge in [-0.2, -0.15) is 0 Å². The highest BCUT2D eigenvalue weighted by molar-refractivity contribution is 5.81. The molecule has 1 aliphatic carbocycles. The minimum absolute atomic E-state index is 0.00118. The number of nitrogens with one attached hydrogen (secondary N) is 2. The van der Waals surface area contributed by atoms with Crippen molar-refractivity contribution >= 4 is 5.91 Å². The summed E-state index contributed by atoms with van der Waals surface area (Å²) in [6, 6.07) is 0. The Morgan fingerprint density at radius 2 is 2.29 bits per heavy atom. The highest BCUT2D eigenvalue weighted by Crippen LogP contribution is 2.39. The van der Waals surface area contributed by atoms with Gasteiger partial charge in [-0.1, -0.05) is 6.92 Å². The molecular formula is C10H17FN2O. The molecule has 3 nitrogen and oxygen atoms in total. The number of carbonyl (C=O) groups excluding carboxylic acids is 1. The molecule has 1 aliphatic heterocycles. The van der Waals surface area contributed by atoms with Crippen LogP contribution in [0.5, 0.6) is 0 Å². The van der Waals surface area contributed by atoms with Crippen LogP contribution in [0, 0.1) is 11.8 Å². The van der Waals surface area contributed by atoms with E-state index in [0.29, 0.717) is 19.5 Å². The smallest absolute Gasteiger partial charge is 0.225 e. The molecule has 0 bridgehead atoms. The predicted octanol–water partition coefficient (Wildman–Crippen LogP) is 0.806. The Balaban J connectivity index is 2.20. The minimum atomic E-state index is -0.783. The third kappa shape index (κ3) is 1.41. The monoisotopic (exact) mass is 200 g/mol. The molecule has 0 radical (unpaired) electrons. The first-order chi connectivity index (χ1) is 6.53. The number of halogens is 1. The fraction of sp³-hybridized carbons (Fsp3) is 0.900. The van der Waals surface area contributed by atoms with Gasteiger partial charge in [-0.3, -0.25) is 10.1 Å². The number of carbonyl (C=O) groups is 1. The average Bonchev–Trinajstić information content (AvgIpc) is 2.09. The topological polar surface area (TPSA) is 41.1 Å². The van der Waals surface area contributed by atoms with E-state index in [-0.39, 0.29) is 23.3 Å². The molecule has 2 fully saturated rings. The van der Waals surface area contributed by atoms with Gasteiger partial charge in [-0.05, 0) is 25.7 Å². The van der Waals surface area contributed by atoms with E-state index in [1.165, 1.54) is 0 Å². The summed E-state index contributed by atoms with van der Waals surface area (Å²) in [6.07, 6.45) is 0.317. The fourth-order valence-electron chi connectivity index (χ4n) is 2.58. The maximum Gasteiger partial charge on any atom is 0.225 e. The zero-order valence-corrected chi connectivity index (χ0v) is 8.64. The zero-order chi connectivity index (χ0) is 10.3. The standard InChI is InChI=1S/C10H17FN2O/c1-6-3-7-9(14)12-5-13-10(7,2)4-8(6)11/h6-8,13H,3-5H2,1-2H3,(H,12,14)/t6-,7?,8?,10?/m1/s1. The van der Waals surface area contributed by atoms with Gasteiger partial charge in [0.25, 0.3) is 0 Å². The van der Waals surface area contributed by atoms with Crippen molar-refractivity contribution in [3.05, 3.63) is 0 Å². The van der Waals surface area contributed by atoms with E-state index in [1.807, 2.05) is 13.8 Å². The summed E-state index contributed by atoms with van der Waals surface area (Å²) in [4.78, 5) is 11.6. The van der Waals surface area contributed by atoms with Crippen LogP contribution in [0.4, 0.5) is 4.39 Å². The number of rotatable bonds is 0. The largest absolute Gasteiger partial charge is 0.343 e. The van der Waals surface area contributed by atoms with Gasteiger partial charge in [0.05, 0.1) is 12.6 Å². The second kappa shape index (κ2) is 3.19. The second-order valence-corrected chi connectivity index (χ2v) is 4.80. The first kappa shape index (κ1) is 9.90. The van der Waals surface area contributed by atoms with Crippen LogP contribution in [0.2, 0.25) is 0 Å². The first-order valence-electron chi connectivity index (χ1n) is 5.20. The molecule has 14 heavy (non-hydrogen) atoms. The molecule has 0 aromatic rings. The Labute approximate surface area is 83.4 Å². The highest BCUT2D eigenvalue weighted by Gasteiger charge is 2.48. The van der Waals surface area contributed by atoms with E-state index in [2.05, 4.69) is 10.6 Å². The summed E-state index contributed by atoms with van der Waals surface area (Å²) in [5, 5.41) is 5.98. The molecule has 4 heteroatoms. The predicted molar refractivity (Wildman–Crippen MR) is 51.3 cm³/mol. The van der Waals surface area contributed by atoms with Crippen LogP contribution in [0.15, 0.2) is 0 Å². The molecular weight excluding hydrogens is 183 g/mol. The lowest BCUT2D eigenvalue weighted by Crippen LogP contribution is -2.65. The quantitative estimate of drug-likeness (QED) is 0.607. The van der Waals surface area contributed by atoms with Crippen molar-refractivity contribution in [3.63, 3.8) is 0 Å². The number of hydrogen-bond acceptors (Lipinski definition) is 2. The summed E-state index contributed by atoms with van der Waals surface area (Å²) in [6.45, 7) is 4.30. The van der Waals surface area contributed by atoms with Gasteiger partial charge in [0.2, 0.25) is 5.91 Å². The zero-order valence-electron chi connectivity index (χ0n) is 8.64. The number of fused-ring (bicyclic) bond motifs is 1. The van der Waals surface area contributed by atoms with Crippen LogP contribution in [0.3, 0.4) is 0 Å². The molecule has 80 valence electrons. The highest BCUT2D eigenvalue weighted by atomic mass is 19.1. The van der Waals surface area contributed by atoms with Gasteiger partial charge in [0.1, 0.15) is 6.17 Å². The minimum Gasteiger partial charge on any atom is -0.343 e. The summed E-state index contributed by atoms with van der Waals surface area (Å²) < 4.78 is 13.5. The SMILES string of the molecule is C[C@@H]1CC2C(=O)NCNC2(C)CC1F. The summed E-state index contributed by atoms with van der Waals surface area (Å²) in [5.74, 6) is 0.00183. The van der Waals surface area contributed by atoms with Crippen molar-refractivity contribution in [2.24, 2.45) is 11.8 Å². The van der Waals surface area contributed by atoms with Gasteiger partial charge < -0.3 is 5.32 Å². The first-order valence-corrected chi connectivity index (χ1v) is 5.20. The van der Waals surface area contributed by atoms with Crippen LogP contribution < -0.4 is 10.6 Å². The summed E-state index contributed by atoms with van der Waals surface area (Å²) in [7, 11) is 0. The van der Waals surface area contributed by atoms with Crippen molar-refractivity contribution in [2.45, 2.75) is 38.4 Å². The Bertz CT molecular complexity index is 259. The summed E-state index contributed by atoms with van der Waals surface area (Å²) in [5.41, 5.74) is -0.339. The van der Waals surface area contributed by atoms with Gasteiger partial charge in [0.15, 0.2) is 0 Å². The average molecular weight is 200 g/mol. The molecule has 3 unspecified atom stereocenters. The number of amides is 1. The van der Waals surface area contributed by atoms with E-state index in [4.69, 9.17) is 0 Å². The molecule has 0 aromatic heterocycles. The van der Waals surface area contributed by atoms with Crippen LogP contribution in [-0.4, -0.2) is 24.3 Å². The Morgan fingerprint density at radius 3 is 3.00 bits per heavy atom. The van der Waals surface area contributed by atoms with Crippen molar-refractivity contribution < 1.29 is 9.18 Å². The van der Waals surface area contributed by atoms with Gasteiger partial charge >= 0.3 is 0 Å². The van der Waals surface area contributed by atoms with Gasteiger partial charge in [-0.15, -0.1) is 0 Å². The molecule has 1 saturated carbocycles. The molecule has 0 aromatic carbocycles. The normalized spacial score (nSPS) is 48.2. The molecule has 1 saturated heterocycles. The van der Waals surface area contributed by atoms with Crippen LogP contribution in [-0.2, 0) is 4.79 Å². The van der Waals surface area contributed by atoms with E-state index in [9.17, 15) is 9.18 Å². The maximum absolute atomic E-state index is 13.5.